The van der Waals surface area contributed by atoms with Gasteiger partial charge in [0.05, 0.1) is 25.4 Å². The molecule has 2 aromatic rings. The minimum atomic E-state index is -0.582. The van der Waals surface area contributed by atoms with E-state index in [0.717, 1.165) is 22.4 Å². The van der Waals surface area contributed by atoms with Gasteiger partial charge in [-0.15, -0.1) is 0 Å². The van der Waals surface area contributed by atoms with Crippen LogP contribution in [0.5, 0.6) is 0 Å². The van der Waals surface area contributed by atoms with E-state index in [9.17, 15) is 9.90 Å². The first-order chi connectivity index (χ1) is 13.8. The van der Waals surface area contributed by atoms with Crippen molar-refractivity contribution >= 4 is 17.4 Å². The maximum Gasteiger partial charge on any atom is 0.219 e. The standard InChI is InChI=1S/C21H26N6O2/c1-13(28)26-6-5-19(22)18(12-26)21(23)27-11-17(29)8-15-7-14(3-4-20(15)27)16-9-24-25(2)10-16/h3-4,7,9-10,17,23,29H,5-6,8,11-12,22H2,1-2H3. The molecule has 1 unspecified atom stereocenters. The molecule has 3 heterocycles. The number of aryl methyl sites for hydroxylation is 1. The van der Waals surface area contributed by atoms with Crippen LogP contribution in [0.15, 0.2) is 41.9 Å². The summed E-state index contributed by atoms with van der Waals surface area (Å²) < 4.78 is 1.75. The first-order valence-electron chi connectivity index (χ1n) is 9.73. The molecule has 29 heavy (non-hydrogen) atoms. The summed E-state index contributed by atoms with van der Waals surface area (Å²) >= 11 is 0. The van der Waals surface area contributed by atoms with Gasteiger partial charge in [0.2, 0.25) is 5.91 Å². The molecule has 0 saturated carbocycles. The molecule has 1 aromatic carbocycles. The average Bonchev–Trinajstić information content (AvgIpc) is 3.12. The molecule has 1 aromatic heterocycles. The Kier molecular flexibility index (Phi) is 4.87. The van der Waals surface area contributed by atoms with Gasteiger partial charge in [-0.2, -0.15) is 5.10 Å². The van der Waals surface area contributed by atoms with Gasteiger partial charge in [-0.05, 0) is 23.3 Å². The van der Waals surface area contributed by atoms with E-state index in [1.54, 1.807) is 9.58 Å². The maximum atomic E-state index is 11.8. The Morgan fingerprint density at radius 2 is 2.14 bits per heavy atom. The molecule has 8 heteroatoms. The van der Waals surface area contributed by atoms with Crippen molar-refractivity contribution in [2.45, 2.75) is 25.9 Å². The first-order valence-corrected chi connectivity index (χ1v) is 9.73. The summed E-state index contributed by atoms with van der Waals surface area (Å²) in [5.74, 6) is 0.227. The molecule has 4 N–H and O–H groups in total. The number of nitrogens with zero attached hydrogens (tertiary/aromatic N) is 4. The van der Waals surface area contributed by atoms with E-state index in [1.165, 1.54) is 6.92 Å². The minimum absolute atomic E-state index is 0.0250. The van der Waals surface area contributed by atoms with Crippen molar-refractivity contribution in [1.29, 1.82) is 5.41 Å². The van der Waals surface area contributed by atoms with Crippen LogP contribution in [0.25, 0.3) is 11.1 Å². The molecule has 152 valence electrons. The van der Waals surface area contributed by atoms with Crippen molar-refractivity contribution in [3.63, 3.8) is 0 Å². The lowest BCUT2D eigenvalue weighted by Gasteiger charge is -2.37. The molecular weight excluding hydrogens is 368 g/mol. The number of fused-ring (bicyclic) bond motifs is 1. The summed E-state index contributed by atoms with van der Waals surface area (Å²) in [6, 6.07) is 6.05. The Hall–Kier alpha value is -3.13. The van der Waals surface area contributed by atoms with Gasteiger partial charge in [-0.1, -0.05) is 6.07 Å². The predicted octanol–water partition coefficient (Wildman–Crippen LogP) is 1.25. The molecule has 1 atom stereocenters. The Labute approximate surface area is 169 Å². The van der Waals surface area contributed by atoms with Gasteiger partial charge < -0.3 is 20.6 Å². The molecule has 8 nitrogen and oxygen atoms in total. The number of rotatable bonds is 2. The van der Waals surface area contributed by atoms with Gasteiger partial charge in [-0.3, -0.25) is 14.9 Å². The number of aromatic nitrogens is 2. The van der Waals surface area contributed by atoms with Crippen molar-refractivity contribution in [3.8, 4) is 11.1 Å². The first kappa shape index (κ1) is 19.2. The summed E-state index contributed by atoms with van der Waals surface area (Å²) in [6.07, 6.45) is 4.26. The second kappa shape index (κ2) is 7.36. The highest BCUT2D eigenvalue weighted by Gasteiger charge is 2.30. The molecule has 0 spiro atoms. The third-order valence-electron chi connectivity index (χ3n) is 5.65. The zero-order valence-electron chi connectivity index (χ0n) is 16.7. The molecule has 0 bridgehead atoms. The highest BCUT2D eigenvalue weighted by atomic mass is 16.3. The monoisotopic (exact) mass is 394 g/mol. The fourth-order valence-corrected chi connectivity index (χ4v) is 4.04. The zero-order valence-corrected chi connectivity index (χ0v) is 16.7. The molecular formula is C21H26N6O2. The number of nitrogens with one attached hydrogen (secondary N) is 1. The fourth-order valence-electron chi connectivity index (χ4n) is 4.04. The van der Waals surface area contributed by atoms with Crippen LogP contribution in [0.4, 0.5) is 5.69 Å². The minimum Gasteiger partial charge on any atom is -0.402 e. The zero-order chi connectivity index (χ0) is 20.7. The number of hydrogen-bond donors (Lipinski definition) is 3. The van der Waals surface area contributed by atoms with Gasteiger partial charge in [0.15, 0.2) is 0 Å². The van der Waals surface area contributed by atoms with E-state index in [0.29, 0.717) is 43.7 Å². The second-order valence-corrected chi connectivity index (χ2v) is 7.76. The Balaban J connectivity index is 1.67. The van der Waals surface area contributed by atoms with Gasteiger partial charge in [0, 0.05) is 62.1 Å². The summed E-state index contributed by atoms with van der Waals surface area (Å²) in [4.78, 5) is 15.3. The molecule has 0 aliphatic carbocycles. The molecule has 2 aliphatic heterocycles. The number of carbonyl (C=O) groups is 1. The maximum absolute atomic E-state index is 11.8. The summed E-state index contributed by atoms with van der Waals surface area (Å²) in [6.45, 7) is 2.76. The largest absolute Gasteiger partial charge is 0.402 e. The highest BCUT2D eigenvalue weighted by molar-refractivity contribution is 6.09. The van der Waals surface area contributed by atoms with Crippen molar-refractivity contribution < 1.29 is 9.90 Å². The smallest absolute Gasteiger partial charge is 0.219 e. The van der Waals surface area contributed by atoms with Gasteiger partial charge in [-0.25, -0.2) is 0 Å². The summed E-state index contributed by atoms with van der Waals surface area (Å²) in [7, 11) is 1.88. The van der Waals surface area contributed by atoms with Crippen LogP contribution in [0.3, 0.4) is 0 Å². The topological polar surface area (TPSA) is 111 Å². The summed E-state index contributed by atoms with van der Waals surface area (Å²) in [5.41, 5.74) is 11.4. The Bertz CT molecular complexity index is 1010. The Morgan fingerprint density at radius 1 is 1.34 bits per heavy atom. The number of aliphatic hydroxyl groups excluding tert-OH is 1. The Morgan fingerprint density at radius 3 is 2.83 bits per heavy atom. The number of aliphatic hydroxyl groups is 1. The van der Waals surface area contributed by atoms with Crippen LogP contribution >= 0.6 is 0 Å². The molecule has 2 aliphatic rings. The lowest BCUT2D eigenvalue weighted by atomic mass is 9.94. The number of amides is 1. The molecule has 0 fully saturated rings. The average molecular weight is 394 g/mol. The highest BCUT2D eigenvalue weighted by Crippen LogP contribution is 2.33. The van der Waals surface area contributed by atoms with Crippen molar-refractivity contribution in [3.05, 3.63) is 47.4 Å². The van der Waals surface area contributed by atoms with E-state index in [2.05, 4.69) is 11.2 Å². The lowest BCUT2D eigenvalue weighted by Crippen LogP contribution is -2.47. The van der Waals surface area contributed by atoms with Crippen LogP contribution in [-0.2, 0) is 18.3 Å². The van der Waals surface area contributed by atoms with E-state index >= 15 is 0 Å². The van der Waals surface area contributed by atoms with Gasteiger partial charge >= 0.3 is 0 Å². The number of β-amino-alcohol motifs (C(OH)–C–C–N with tert-alkyl or cyclic N) is 1. The predicted molar refractivity (Wildman–Crippen MR) is 112 cm³/mol. The number of anilines is 1. The van der Waals surface area contributed by atoms with Crippen LogP contribution < -0.4 is 10.6 Å². The molecule has 0 saturated heterocycles. The fraction of sp³-hybridized carbons (Fsp3) is 0.381. The van der Waals surface area contributed by atoms with Crippen molar-refractivity contribution in [2.24, 2.45) is 12.8 Å². The van der Waals surface area contributed by atoms with Crippen LogP contribution in [0.2, 0.25) is 0 Å². The third-order valence-corrected chi connectivity index (χ3v) is 5.65. The van der Waals surface area contributed by atoms with Gasteiger partial charge in [0.25, 0.3) is 0 Å². The molecule has 1 amide bonds. The summed E-state index contributed by atoms with van der Waals surface area (Å²) in [5, 5.41) is 23.5. The number of hydrogen-bond acceptors (Lipinski definition) is 5. The normalized spacial score (nSPS) is 19.3. The molecule has 4 rings (SSSR count). The number of benzene rings is 1. The van der Waals surface area contributed by atoms with E-state index < -0.39 is 6.10 Å². The molecule has 0 radical (unpaired) electrons. The van der Waals surface area contributed by atoms with E-state index in [1.807, 2.05) is 36.5 Å². The number of carbonyl (C=O) groups excluding carboxylic acids is 1. The van der Waals surface area contributed by atoms with Crippen LogP contribution in [-0.4, -0.2) is 57.3 Å². The van der Waals surface area contributed by atoms with Crippen LogP contribution in [0.1, 0.15) is 18.9 Å². The van der Waals surface area contributed by atoms with Crippen molar-refractivity contribution in [1.82, 2.24) is 14.7 Å². The SMILES string of the molecule is CC(=O)N1CCC(N)=C(C(=N)N2CC(O)Cc3cc(-c4cnn(C)c4)ccc32)C1. The van der Waals surface area contributed by atoms with E-state index in [-0.39, 0.29) is 11.7 Å². The number of amidine groups is 1. The lowest BCUT2D eigenvalue weighted by molar-refractivity contribution is -0.128. The van der Waals surface area contributed by atoms with Crippen LogP contribution in [0, 0.1) is 5.41 Å². The van der Waals surface area contributed by atoms with Crippen molar-refractivity contribution in [2.75, 3.05) is 24.5 Å². The number of nitrogens with two attached hydrogens (primary N) is 1. The quantitative estimate of drug-likeness (QED) is 0.524. The van der Waals surface area contributed by atoms with Gasteiger partial charge in [0.1, 0.15) is 5.84 Å². The third kappa shape index (κ3) is 3.63. The second-order valence-electron chi connectivity index (χ2n) is 7.76. The van der Waals surface area contributed by atoms with E-state index in [4.69, 9.17) is 11.1 Å².